The van der Waals surface area contributed by atoms with Crippen molar-refractivity contribution in [3.63, 3.8) is 0 Å². The van der Waals surface area contributed by atoms with E-state index < -0.39 is 6.09 Å². The lowest BCUT2D eigenvalue weighted by molar-refractivity contribution is 0.106. The van der Waals surface area contributed by atoms with Crippen LogP contribution in [0, 0.1) is 5.41 Å². The maximum absolute atomic E-state index is 11.3. The van der Waals surface area contributed by atoms with Crippen LogP contribution in [-0.4, -0.2) is 17.7 Å². The third kappa shape index (κ3) is 5.34. The van der Waals surface area contributed by atoms with Crippen molar-refractivity contribution in [2.75, 3.05) is 6.61 Å². The lowest BCUT2D eigenvalue weighted by atomic mass is 9.99. The number of nitrogens with zero attached hydrogens (tertiary/aromatic N) is 1. The van der Waals surface area contributed by atoms with Gasteiger partial charge in [-0.3, -0.25) is 4.98 Å². The monoisotopic (exact) mass is 222 g/mol. The Balaban J connectivity index is 2.26. The second kappa shape index (κ2) is 5.49. The van der Waals surface area contributed by atoms with E-state index in [0.717, 1.165) is 5.56 Å². The summed E-state index contributed by atoms with van der Waals surface area (Å²) in [7, 11) is 0. The van der Waals surface area contributed by atoms with Gasteiger partial charge < -0.3 is 10.1 Å². The van der Waals surface area contributed by atoms with Gasteiger partial charge in [-0.1, -0.05) is 26.8 Å². The molecule has 0 aromatic carbocycles. The van der Waals surface area contributed by atoms with E-state index in [4.69, 9.17) is 4.74 Å². The molecule has 4 nitrogen and oxygen atoms in total. The number of carbonyl (C=O) groups is 1. The van der Waals surface area contributed by atoms with E-state index in [9.17, 15) is 4.79 Å². The van der Waals surface area contributed by atoms with Crippen LogP contribution in [0.1, 0.15) is 26.3 Å². The third-order valence-corrected chi connectivity index (χ3v) is 1.80. The van der Waals surface area contributed by atoms with Crippen molar-refractivity contribution in [1.29, 1.82) is 0 Å². The molecular weight excluding hydrogens is 204 g/mol. The topological polar surface area (TPSA) is 51.2 Å². The van der Waals surface area contributed by atoms with Gasteiger partial charge in [0.25, 0.3) is 0 Å². The fraction of sp³-hybridized carbons (Fsp3) is 0.500. The summed E-state index contributed by atoms with van der Waals surface area (Å²) in [5.74, 6) is 0. The average molecular weight is 222 g/mol. The number of amides is 1. The summed E-state index contributed by atoms with van der Waals surface area (Å²) in [6.07, 6.45) is 3.02. The molecule has 0 aliphatic carbocycles. The summed E-state index contributed by atoms with van der Waals surface area (Å²) in [6.45, 7) is 6.90. The first-order valence-electron chi connectivity index (χ1n) is 5.27. The third-order valence-electron chi connectivity index (χ3n) is 1.80. The molecule has 1 N–H and O–H groups in total. The summed E-state index contributed by atoms with van der Waals surface area (Å²) >= 11 is 0. The molecule has 0 spiro atoms. The molecule has 0 unspecified atom stereocenters. The van der Waals surface area contributed by atoms with Crippen molar-refractivity contribution >= 4 is 6.09 Å². The molecule has 1 amide bonds. The predicted octanol–water partition coefficient (Wildman–Crippen LogP) is 2.35. The zero-order valence-electron chi connectivity index (χ0n) is 9.99. The predicted molar refractivity (Wildman–Crippen MR) is 61.9 cm³/mol. The molecule has 4 heteroatoms. The van der Waals surface area contributed by atoms with E-state index in [-0.39, 0.29) is 5.41 Å². The number of ether oxygens (including phenoxy) is 1. The zero-order chi connectivity index (χ0) is 12.0. The fourth-order valence-corrected chi connectivity index (χ4v) is 1.01. The van der Waals surface area contributed by atoms with E-state index in [0.29, 0.717) is 13.2 Å². The molecule has 0 saturated carbocycles. The van der Waals surface area contributed by atoms with Gasteiger partial charge in [0.1, 0.15) is 0 Å². The lowest BCUT2D eigenvalue weighted by Gasteiger charge is -2.17. The van der Waals surface area contributed by atoms with Gasteiger partial charge in [0.2, 0.25) is 0 Å². The minimum Gasteiger partial charge on any atom is -0.449 e. The molecule has 1 rings (SSSR count). The highest BCUT2D eigenvalue weighted by atomic mass is 16.5. The number of rotatable bonds is 3. The van der Waals surface area contributed by atoms with Crippen molar-refractivity contribution in [1.82, 2.24) is 10.3 Å². The SMILES string of the molecule is CC(C)(C)COC(=O)NCc1cccnc1. The average Bonchev–Trinajstić information content (AvgIpc) is 2.24. The van der Waals surface area contributed by atoms with Gasteiger partial charge in [-0.2, -0.15) is 0 Å². The van der Waals surface area contributed by atoms with Gasteiger partial charge in [0.05, 0.1) is 6.61 Å². The minimum absolute atomic E-state index is 0.00829. The van der Waals surface area contributed by atoms with Crippen LogP contribution in [0.4, 0.5) is 4.79 Å². The van der Waals surface area contributed by atoms with Crippen molar-refractivity contribution < 1.29 is 9.53 Å². The van der Waals surface area contributed by atoms with E-state index in [1.165, 1.54) is 0 Å². The second-order valence-corrected chi connectivity index (χ2v) is 4.85. The Kier molecular flexibility index (Phi) is 4.28. The highest BCUT2D eigenvalue weighted by Gasteiger charge is 2.13. The number of alkyl carbamates (subject to hydrolysis) is 1. The molecule has 0 radical (unpaired) electrons. The van der Waals surface area contributed by atoms with Gasteiger partial charge >= 0.3 is 6.09 Å². The first-order chi connectivity index (χ1) is 7.47. The largest absolute Gasteiger partial charge is 0.449 e. The number of hydrogen-bond donors (Lipinski definition) is 1. The van der Waals surface area contributed by atoms with Crippen LogP contribution in [0.25, 0.3) is 0 Å². The molecule has 1 aromatic rings. The van der Waals surface area contributed by atoms with Crippen molar-refractivity contribution in [2.45, 2.75) is 27.3 Å². The highest BCUT2D eigenvalue weighted by molar-refractivity contribution is 5.67. The summed E-state index contributed by atoms with van der Waals surface area (Å²) in [6, 6.07) is 3.73. The molecule has 0 aliphatic rings. The van der Waals surface area contributed by atoms with Crippen LogP contribution in [-0.2, 0) is 11.3 Å². The number of hydrogen-bond acceptors (Lipinski definition) is 3. The number of carbonyl (C=O) groups excluding carboxylic acids is 1. The Morgan fingerprint density at radius 1 is 1.50 bits per heavy atom. The molecule has 0 saturated heterocycles. The van der Waals surface area contributed by atoms with Gasteiger partial charge in [-0.15, -0.1) is 0 Å². The van der Waals surface area contributed by atoms with Crippen LogP contribution in [0.15, 0.2) is 24.5 Å². The Hall–Kier alpha value is -1.58. The summed E-state index contributed by atoms with van der Waals surface area (Å²) in [5, 5.41) is 2.67. The van der Waals surface area contributed by atoms with E-state index in [1.807, 2.05) is 32.9 Å². The van der Waals surface area contributed by atoms with Crippen LogP contribution < -0.4 is 5.32 Å². The maximum atomic E-state index is 11.3. The minimum atomic E-state index is -0.390. The molecule has 16 heavy (non-hydrogen) atoms. The van der Waals surface area contributed by atoms with E-state index in [1.54, 1.807) is 12.4 Å². The Bertz CT molecular complexity index is 331. The van der Waals surface area contributed by atoms with Gasteiger partial charge in [-0.25, -0.2) is 4.79 Å². The van der Waals surface area contributed by atoms with Crippen LogP contribution in [0.3, 0.4) is 0 Å². The van der Waals surface area contributed by atoms with Gasteiger partial charge in [0.15, 0.2) is 0 Å². The summed E-state index contributed by atoms with van der Waals surface area (Å²) < 4.78 is 5.06. The summed E-state index contributed by atoms with van der Waals surface area (Å²) in [5.41, 5.74) is 0.946. The normalized spacial score (nSPS) is 10.9. The Morgan fingerprint density at radius 3 is 2.81 bits per heavy atom. The quantitative estimate of drug-likeness (QED) is 0.854. The van der Waals surface area contributed by atoms with E-state index in [2.05, 4.69) is 10.3 Å². The van der Waals surface area contributed by atoms with Crippen molar-refractivity contribution in [2.24, 2.45) is 5.41 Å². The smallest absolute Gasteiger partial charge is 0.407 e. The highest BCUT2D eigenvalue weighted by Crippen LogP contribution is 2.12. The standard InChI is InChI=1S/C12H18N2O2/c1-12(2,3)9-16-11(15)14-8-10-5-4-6-13-7-10/h4-7H,8-9H2,1-3H3,(H,14,15). The van der Waals surface area contributed by atoms with Gasteiger partial charge in [0, 0.05) is 18.9 Å². The lowest BCUT2D eigenvalue weighted by Crippen LogP contribution is -2.27. The first-order valence-corrected chi connectivity index (χ1v) is 5.27. The maximum Gasteiger partial charge on any atom is 0.407 e. The molecule has 1 aromatic heterocycles. The second-order valence-electron chi connectivity index (χ2n) is 4.85. The fourth-order valence-electron chi connectivity index (χ4n) is 1.01. The zero-order valence-corrected chi connectivity index (χ0v) is 9.99. The molecule has 0 atom stereocenters. The molecular formula is C12H18N2O2. The van der Waals surface area contributed by atoms with Crippen molar-refractivity contribution in [3.05, 3.63) is 30.1 Å². The van der Waals surface area contributed by atoms with Crippen LogP contribution in [0.5, 0.6) is 0 Å². The Labute approximate surface area is 96.0 Å². The number of nitrogens with one attached hydrogen (secondary N) is 1. The number of pyridine rings is 1. The molecule has 0 aliphatic heterocycles. The van der Waals surface area contributed by atoms with Gasteiger partial charge in [-0.05, 0) is 17.0 Å². The molecule has 0 bridgehead atoms. The van der Waals surface area contributed by atoms with E-state index >= 15 is 0 Å². The first kappa shape index (κ1) is 12.5. The summed E-state index contributed by atoms with van der Waals surface area (Å²) in [4.78, 5) is 15.3. The molecule has 88 valence electrons. The van der Waals surface area contributed by atoms with Crippen LogP contribution >= 0.6 is 0 Å². The van der Waals surface area contributed by atoms with Crippen molar-refractivity contribution in [3.8, 4) is 0 Å². The molecule has 1 heterocycles. The number of aromatic nitrogens is 1. The Morgan fingerprint density at radius 2 is 2.25 bits per heavy atom. The molecule has 0 fully saturated rings. The van der Waals surface area contributed by atoms with Crippen LogP contribution in [0.2, 0.25) is 0 Å².